The molecule has 3 heterocycles. The monoisotopic (exact) mass is 647 g/mol. The first-order chi connectivity index (χ1) is 22.9. The number of nitrogens with one attached hydrogen (secondary N) is 1. The third-order valence-electron chi connectivity index (χ3n) is 7.31. The van der Waals surface area contributed by atoms with E-state index in [4.69, 9.17) is 20.8 Å². The number of aromatic nitrogens is 3. The number of furan rings is 1. The van der Waals surface area contributed by atoms with Gasteiger partial charge in [-0.2, -0.15) is 0 Å². The Balaban J connectivity index is 1.16. The van der Waals surface area contributed by atoms with Crippen LogP contribution in [-0.2, 0) is 17.9 Å². The minimum atomic E-state index is -0.319. The average molecular weight is 648 g/mol. The van der Waals surface area contributed by atoms with Gasteiger partial charge in [-0.1, -0.05) is 36.7 Å². The molecular formula is C37H31ClFN5O3. The lowest BCUT2D eigenvalue weighted by atomic mass is 10.1. The molecule has 0 fully saturated rings. The Labute approximate surface area is 276 Å². The van der Waals surface area contributed by atoms with Crippen LogP contribution in [0.1, 0.15) is 30.2 Å². The number of hydrogen-bond donors (Lipinski definition) is 1. The molecule has 0 aliphatic rings. The van der Waals surface area contributed by atoms with Gasteiger partial charge in [0.15, 0.2) is 0 Å². The number of amides is 1. The minimum Gasteiger partial charge on any atom is -0.487 e. The molecule has 47 heavy (non-hydrogen) atoms. The Morgan fingerprint density at radius 3 is 2.77 bits per heavy atom. The zero-order valence-electron chi connectivity index (χ0n) is 25.6. The van der Waals surface area contributed by atoms with Gasteiger partial charge in [-0.05, 0) is 90.4 Å². The van der Waals surface area contributed by atoms with Crippen molar-refractivity contribution < 1.29 is 18.3 Å². The van der Waals surface area contributed by atoms with E-state index in [1.54, 1.807) is 53.7 Å². The van der Waals surface area contributed by atoms with Crippen LogP contribution < -0.4 is 10.1 Å². The molecule has 0 unspecified atom stereocenters. The van der Waals surface area contributed by atoms with E-state index in [-0.39, 0.29) is 18.3 Å². The van der Waals surface area contributed by atoms with Gasteiger partial charge >= 0.3 is 0 Å². The number of ether oxygens (including phenoxy) is 1. The molecule has 0 aliphatic carbocycles. The summed E-state index contributed by atoms with van der Waals surface area (Å²) >= 11 is 6.52. The quantitative estimate of drug-likeness (QED) is 0.133. The van der Waals surface area contributed by atoms with Crippen LogP contribution in [0.25, 0.3) is 28.3 Å². The van der Waals surface area contributed by atoms with Crippen LogP contribution in [0.5, 0.6) is 5.75 Å². The molecule has 0 saturated heterocycles. The number of rotatable bonds is 12. The Morgan fingerprint density at radius 2 is 1.96 bits per heavy atom. The predicted molar refractivity (Wildman–Crippen MR) is 182 cm³/mol. The van der Waals surface area contributed by atoms with Gasteiger partial charge in [0.2, 0.25) is 5.91 Å². The van der Waals surface area contributed by atoms with Crippen LogP contribution in [0, 0.1) is 5.82 Å². The summed E-state index contributed by atoms with van der Waals surface area (Å²) in [6.07, 6.45) is 9.05. The smallest absolute Gasteiger partial charge is 0.246 e. The maximum atomic E-state index is 13.5. The van der Waals surface area contributed by atoms with E-state index in [1.165, 1.54) is 18.5 Å². The van der Waals surface area contributed by atoms with Crippen LogP contribution in [-0.4, -0.2) is 32.3 Å². The van der Waals surface area contributed by atoms with E-state index >= 15 is 0 Å². The number of benzene rings is 3. The lowest BCUT2D eigenvalue weighted by Gasteiger charge is -2.19. The fourth-order valence-electron chi connectivity index (χ4n) is 5.02. The first-order valence-electron chi connectivity index (χ1n) is 15.1. The van der Waals surface area contributed by atoms with Gasteiger partial charge in [0, 0.05) is 41.7 Å². The number of carbonyl (C=O) groups is 1. The molecule has 3 aromatic carbocycles. The molecule has 0 radical (unpaired) electrons. The summed E-state index contributed by atoms with van der Waals surface area (Å²) in [5.74, 6) is 1.99. The summed E-state index contributed by atoms with van der Waals surface area (Å²) in [5, 5.41) is 4.52. The van der Waals surface area contributed by atoms with Crippen LogP contribution in [0.4, 0.5) is 15.9 Å². The number of fused-ring (bicyclic) bond motifs is 1. The SMILES string of the molecule is CCCN(Cc1ccc(-c2ccc3ncnc(Nc4ccc(OCc5cccc(F)c5)c(Cl)c4)c3c2)o1)C(=O)/C=C/c1cccnc1. The fourth-order valence-corrected chi connectivity index (χ4v) is 5.26. The molecule has 0 aliphatic heterocycles. The second kappa shape index (κ2) is 14.7. The largest absolute Gasteiger partial charge is 0.487 e. The van der Waals surface area contributed by atoms with Gasteiger partial charge in [0.1, 0.15) is 41.8 Å². The Morgan fingerprint density at radius 1 is 1.04 bits per heavy atom. The van der Waals surface area contributed by atoms with Gasteiger partial charge in [0.05, 0.1) is 17.1 Å². The summed E-state index contributed by atoms with van der Waals surface area (Å²) in [5.41, 5.74) is 3.86. The summed E-state index contributed by atoms with van der Waals surface area (Å²) in [6.45, 7) is 3.16. The van der Waals surface area contributed by atoms with E-state index in [0.29, 0.717) is 52.5 Å². The first kappa shape index (κ1) is 31.4. The van der Waals surface area contributed by atoms with Crippen LogP contribution in [0.3, 0.4) is 0 Å². The van der Waals surface area contributed by atoms with Crippen molar-refractivity contribution in [3.63, 3.8) is 0 Å². The van der Waals surface area contributed by atoms with Crippen molar-refractivity contribution >= 4 is 46.0 Å². The zero-order chi connectivity index (χ0) is 32.6. The predicted octanol–water partition coefficient (Wildman–Crippen LogP) is 8.85. The molecule has 1 amide bonds. The maximum absolute atomic E-state index is 13.5. The highest BCUT2D eigenvalue weighted by atomic mass is 35.5. The minimum absolute atomic E-state index is 0.0986. The van der Waals surface area contributed by atoms with Crippen molar-refractivity contribution in [3.8, 4) is 17.1 Å². The fraction of sp³-hybridized carbons (Fsp3) is 0.135. The highest BCUT2D eigenvalue weighted by molar-refractivity contribution is 6.32. The van der Waals surface area contributed by atoms with Crippen molar-refractivity contribution in [2.24, 2.45) is 0 Å². The first-order valence-corrected chi connectivity index (χ1v) is 15.5. The van der Waals surface area contributed by atoms with Crippen molar-refractivity contribution in [2.75, 3.05) is 11.9 Å². The highest BCUT2D eigenvalue weighted by Gasteiger charge is 2.15. The number of anilines is 2. The summed E-state index contributed by atoms with van der Waals surface area (Å²) in [4.78, 5) is 27.7. The second-order valence-electron chi connectivity index (χ2n) is 10.8. The third kappa shape index (κ3) is 8.01. The number of pyridine rings is 1. The number of nitrogens with zero attached hydrogens (tertiary/aromatic N) is 4. The number of carbonyl (C=O) groups excluding carboxylic acids is 1. The van der Waals surface area contributed by atoms with Crippen molar-refractivity contribution in [3.05, 3.63) is 137 Å². The molecule has 6 rings (SSSR count). The molecule has 0 atom stereocenters. The molecule has 1 N–H and O–H groups in total. The van der Waals surface area contributed by atoms with Crippen molar-refractivity contribution in [1.82, 2.24) is 19.9 Å². The summed E-state index contributed by atoms with van der Waals surface area (Å²) in [7, 11) is 0. The van der Waals surface area contributed by atoms with Gasteiger partial charge in [-0.15, -0.1) is 0 Å². The number of halogens is 2. The second-order valence-corrected chi connectivity index (χ2v) is 11.2. The summed E-state index contributed by atoms with van der Waals surface area (Å²) < 4.78 is 25.5. The molecule has 0 bridgehead atoms. The molecular weight excluding hydrogens is 617 g/mol. The molecule has 10 heteroatoms. The van der Waals surface area contributed by atoms with E-state index in [9.17, 15) is 9.18 Å². The topological polar surface area (TPSA) is 93.4 Å². The van der Waals surface area contributed by atoms with Gasteiger partial charge < -0.3 is 19.4 Å². The molecule has 236 valence electrons. The third-order valence-corrected chi connectivity index (χ3v) is 7.61. The highest BCUT2D eigenvalue weighted by Crippen LogP contribution is 2.33. The van der Waals surface area contributed by atoms with Crippen molar-refractivity contribution in [1.29, 1.82) is 0 Å². The molecule has 0 saturated carbocycles. The van der Waals surface area contributed by atoms with E-state index < -0.39 is 0 Å². The van der Waals surface area contributed by atoms with Crippen LogP contribution in [0.2, 0.25) is 5.02 Å². The Bertz CT molecular complexity index is 2030. The molecule has 0 spiro atoms. The standard InChI is InChI=1S/C37H31ClFN5O3/c1-2-17-44(36(45)15-8-25-6-4-16-40-21-25)22-30-11-14-34(47-30)27-9-12-33-31(19-27)37(42-24-41-33)43-29-10-13-35(32(38)20-29)46-23-26-5-3-7-28(39)18-26/h3-16,18-21,24H,2,17,22-23H2,1H3,(H,41,42,43)/b15-8+. The van der Waals surface area contributed by atoms with Gasteiger partial charge in [-0.25, -0.2) is 14.4 Å². The molecule has 6 aromatic rings. The van der Waals surface area contributed by atoms with Crippen molar-refractivity contribution in [2.45, 2.75) is 26.5 Å². The number of hydrogen-bond acceptors (Lipinski definition) is 7. The van der Waals surface area contributed by atoms with Crippen LogP contribution in [0.15, 0.2) is 114 Å². The zero-order valence-corrected chi connectivity index (χ0v) is 26.3. The van der Waals surface area contributed by atoms with E-state index in [1.807, 2.05) is 55.5 Å². The Hall–Kier alpha value is -5.54. The van der Waals surface area contributed by atoms with Gasteiger partial charge in [-0.3, -0.25) is 9.78 Å². The lowest BCUT2D eigenvalue weighted by Crippen LogP contribution is -2.29. The Kier molecular flexibility index (Phi) is 9.84. The van der Waals surface area contributed by atoms with Gasteiger partial charge in [0.25, 0.3) is 0 Å². The molecule has 8 nitrogen and oxygen atoms in total. The average Bonchev–Trinajstić information content (AvgIpc) is 3.56. The van der Waals surface area contributed by atoms with Crippen LogP contribution >= 0.6 is 11.6 Å². The molecule has 3 aromatic heterocycles. The normalized spacial score (nSPS) is 11.2. The maximum Gasteiger partial charge on any atom is 0.246 e. The lowest BCUT2D eigenvalue weighted by molar-refractivity contribution is -0.126. The van der Waals surface area contributed by atoms with E-state index in [2.05, 4.69) is 20.3 Å². The van der Waals surface area contributed by atoms with E-state index in [0.717, 1.165) is 28.5 Å². The summed E-state index contributed by atoms with van der Waals surface area (Å²) in [6, 6.07) is 24.9.